The molecule has 0 aliphatic heterocycles. The maximum Gasteiger partial charge on any atom is 0.189 e. The van der Waals surface area contributed by atoms with Crippen LogP contribution >= 0.6 is 15.9 Å². The molecule has 0 spiro atoms. The Hall–Kier alpha value is -0.630. The minimum atomic E-state index is 0.481. The topological polar surface area (TPSA) is 3.88 Å². The van der Waals surface area contributed by atoms with Gasteiger partial charge in [-0.3, -0.25) is 0 Å². The van der Waals surface area contributed by atoms with Crippen molar-refractivity contribution >= 4 is 15.9 Å². The van der Waals surface area contributed by atoms with Crippen molar-refractivity contribution in [3.63, 3.8) is 0 Å². The van der Waals surface area contributed by atoms with Crippen LogP contribution in [0.4, 0.5) is 0 Å². The maximum absolute atomic E-state index is 3.72. The summed E-state index contributed by atoms with van der Waals surface area (Å²) in [6.07, 6.45) is 11.2. The van der Waals surface area contributed by atoms with Crippen LogP contribution in [-0.4, -0.2) is 4.83 Å². The van der Waals surface area contributed by atoms with Crippen LogP contribution in [0, 0.1) is 0 Å². The van der Waals surface area contributed by atoms with Crippen LogP contribution in [0.5, 0.6) is 0 Å². The number of alkyl halides is 1. The van der Waals surface area contributed by atoms with E-state index in [9.17, 15) is 0 Å². The molecule has 1 aliphatic carbocycles. The Morgan fingerprint density at radius 3 is 2.62 bits per heavy atom. The number of rotatable bonds is 1. The van der Waals surface area contributed by atoms with Crippen LogP contribution in [0.3, 0.4) is 0 Å². The molecule has 0 saturated heterocycles. The molecule has 1 aliphatic rings. The molecular formula is C11H13BrN+. The van der Waals surface area contributed by atoms with Crippen molar-refractivity contribution in [2.24, 2.45) is 0 Å². The van der Waals surface area contributed by atoms with Gasteiger partial charge >= 0.3 is 0 Å². The van der Waals surface area contributed by atoms with Crippen LogP contribution in [0.2, 0.25) is 0 Å². The Balaban J connectivity index is 2.25. The molecule has 0 fully saturated rings. The monoisotopic (exact) mass is 238 g/mol. The summed E-state index contributed by atoms with van der Waals surface area (Å²) in [5.41, 5.74) is 0. The Bertz CT molecular complexity index is 294. The SMILES string of the molecule is Br[C@@H]1CCC=C[C@H]1[n+]1ccccc1. The highest BCUT2D eigenvalue weighted by Gasteiger charge is 2.25. The zero-order chi connectivity index (χ0) is 9.10. The van der Waals surface area contributed by atoms with Gasteiger partial charge in [-0.1, -0.05) is 28.1 Å². The van der Waals surface area contributed by atoms with Crippen molar-refractivity contribution in [3.05, 3.63) is 42.7 Å². The Morgan fingerprint density at radius 2 is 1.92 bits per heavy atom. The van der Waals surface area contributed by atoms with Crippen molar-refractivity contribution in [2.45, 2.75) is 23.7 Å². The molecule has 0 radical (unpaired) electrons. The van der Waals surface area contributed by atoms with Gasteiger partial charge in [0.25, 0.3) is 0 Å². The average molecular weight is 239 g/mol. The summed E-state index contributed by atoms with van der Waals surface area (Å²) in [6, 6.07) is 6.67. The van der Waals surface area contributed by atoms with E-state index in [1.54, 1.807) is 0 Å². The Morgan fingerprint density at radius 1 is 1.15 bits per heavy atom. The van der Waals surface area contributed by atoms with E-state index < -0.39 is 0 Å². The lowest BCUT2D eigenvalue weighted by Gasteiger charge is -2.17. The van der Waals surface area contributed by atoms with Gasteiger partial charge in [0, 0.05) is 12.1 Å². The standard InChI is InChI=1S/C11H13BrN/c12-10-6-2-3-7-11(10)13-8-4-1-5-9-13/h1,3-5,7-11H,2,6H2/q+1/t10-,11-/m1/s1. The summed E-state index contributed by atoms with van der Waals surface area (Å²) >= 11 is 3.72. The number of halogens is 1. The molecule has 0 amide bonds. The fourth-order valence-corrected chi connectivity index (χ4v) is 2.39. The van der Waals surface area contributed by atoms with Crippen LogP contribution in [-0.2, 0) is 0 Å². The summed E-state index contributed by atoms with van der Waals surface area (Å²) < 4.78 is 2.25. The van der Waals surface area contributed by atoms with E-state index in [0.717, 1.165) is 0 Å². The maximum atomic E-state index is 3.72. The molecule has 0 aromatic carbocycles. The minimum Gasteiger partial charge on any atom is -0.198 e. The van der Waals surface area contributed by atoms with Crippen LogP contribution in [0.15, 0.2) is 42.7 Å². The number of allylic oxidation sites excluding steroid dienone is 2. The zero-order valence-electron chi connectivity index (χ0n) is 7.44. The second-order valence-corrected chi connectivity index (χ2v) is 4.51. The number of hydrogen-bond donors (Lipinski definition) is 0. The molecule has 0 unspecified atom stereocenters. The van der Waals surface area contributed by atoms with Crippen molar-refractivity contribution in [3.8, 4) is 0 Å². The molecule has 0 saturated carbocycles. The minimum absolute atomic E-state index is 0.481. The predicted molar refractivity (Wildman–Crippen MR) is 56.8 cm³/mol. The molecule has 1 nitrogen and oxygen atoms in total. The van der Waals surface area contributed by atoms with Gasteiger partial charge in [-0.25, -0.2) is 0 Å². The zero-order valence-corrected chi connectivity index (χ0v) is 9.02. The molecule has 2 atom stereocenters. The third kappa shape index (κ3) is 1.99. The van der Waals surface area contributed by atoms with E-state index in [2.05, 4.69) is 57.2 Å². The molecule has 0 bridgehead atoms. The summed E-state index contributed by atoms with van der Waals surface area (Å²) in [6.45, 7) is 0. The van der Waals surface area contributed by atoms with E-state index in [0.29, 0.717) is 10.9 Å². The van der Waals surface area contributed by atoms with Crippen molar-refractivity contribution in [1.29, 1.82) is 0 Å². The molecule has 0 N–H and O–H groups in total. The Labute approximate surface area is 87.2 Å². The normalized spacial score (nSPS) is 27.5. The number of pyridine rings is 1. The molecule has 1 aromatic heterocycles. The number of hydrogen-bond acceptors (Lipinski definition) is 0. The fraction of sp³-hybridized carbons (Fsp3) is 0.364. The average Bonchev–Trinajstić information content (AvgIpc) is 2.20. The number of aromatic nitrogens is 1. The van der Waals surface area contributed by atoms with Gasteiger partial charge in [0.15, 0.2) is 18.4 Å². The quantitative estimate of drug-likeness (QED) is 0.403. The highest BCUT2D eigenvalue weighted by Crippen LogP contribution is 2.24. The summed E-state index contributed by atoms with van der Waals surface area (Å²) in [5, 5.41) is 0. The van der Waals surface area contributed by atoms with Gasteiger partial charge in [-0.2, -0.15) is 4.57 Å². The molecule has 2 heteroatoms. The predicted octanol–water partition coefficient (Wildman–Crippen LogP) is 2.63. The Kier molecular flexibility index (Phi) is 2.79. The molecule has 13 heavy (non-hydrogen) atoms. The van der Waals surface area contributed by atoms with Crippen molar-refractivity contribution in [2.75, 3.05) is 0 Å². The smallest absolute Gasteiger partial charge is 0.189 e. The van der Waals surface area contributed by atoms with Gasteiger partial charge in [-0.05, 0) is 18.9 Å². The summed E-state index contributed by atoms with van der Waals surface area (Å²) in [7, 11) is 0. The molecular weight excluding hydrogens is 226 g/mol. The van der Waals surface area contributed by atoms with Gasteiger partial charge in [0.1, 0.15) is 0 Å². The van der Waals surface area contributed by atoms with Crippen LogP contribution in [0.25, 0.3) is 0 Å². The van der Waals surface area contributed by atoms with Gasteiger partial charge in [0.05, 0.1) is 4.83 Å². The second-order valence-electron chi connectivity index (χ2n) is 3.33. The van der Waals surface area contributed by atoms with Crippen LogP contribution in [0.1, 0.15) is 18.9 Å². The van der Waals surface area contributed by atoms with E-state index in [-0.39, 0.29) is 0 Å². The third-order valence-electron chi connectivity index (χ3n) is 2.40. The van der Waals surface area contributed by atoms with Gasteiger partial charge in [0.2, 0.25) is 0 Å². The highest BCUT2D eigenvalue weighted by atomic mass is 79.9. The fourth-order valence-electron chi connectivity index (χ4n) is 1.68. The van der Waals surface area contributed by atoms with Gasteiger partial charge < -0.3 is 0 Å². The lowest BCUT2D eigenvalue weighted by Crippen LogP contribution is -2.43. The van der Waals surface area contributed by atoms with Crippen molar-refractivity contribution in [1.82, 2.24) is 0 Å². The lowest BCUT2D eigenvalue weighted by atomic mass is 10.0. The van der Waals surface area contributed by atoms with Gasteiger partial charge in [-0.15, -0.1) is 0 Å². The first kappa shape index (κ1) is 8.95. The lowest BCUT2D eigenvalue weighted by molar-refractivity contribution is -0.711. The molecule has 1 aromatic rings. The molecule has 2 rings (SSSR count). The van der Waals surface area contributed by atoms with E-state index in [1.807, 2.05) is 6.07 Å². The first-order valence-electron chi connectivity index (χ1n) is 4.64. The summed E-state index contributed by atoms with van der Waals surface area (Å²) in [4.78, 5) is 0.574. The molecule has 68 valence electrons. The molecule has 1 heterocycles. The van der Waals surface area contributed by atoms with E-state index >= 15 is 0 Å². The first-order chi connectivity index (χ1) is 6.38. The highest BCUT2D eigenvalue weighted by molar-refractivity contribution is 9.09. The van der Waals surface area contributed by atoms with E-state index in [4.69, 9.17) is 0 Å². The second kappa shape index (κ2) is 4.05. The van der Waals surface area contributed by atoms with E-state index in [1.165, 1.54) is 12.8 Å². The van der Waals surface area contributed by atoms with Crippen LogP contribution < -0.4 is 4.57 Å². The first-order valence-corrected chi connectivity index (χ1v) is 5.56. The third-order valence-corrected chi connectivity index (χ3v) is 3.40. The number of nitrogens with zero attached hydrogens (tertiary/aromatic N) is 1. The largest absolute Gasteiger partial charge is 0.198 e. The van der Waals surface area contributed by atoms with Crippen molar-refractivity contribution < 1.29 is 4.57 Å². The summed E-state index contributed by atoms with van der Waals surface area (Å²) in [5.74, 6) is 0.